The number of hydrogen-bond donors (Lipinski definition) is 0. The molecular weight excluding hydrogens is 366 g/mol. The van der Waals surface area contributed by atoms with Gasteiger partial charge in [-0.25, -0.2) is 9.97 Å². The highest BCUT2D eigenvalue weighted by atomic mass is 16.5. The van der Waals surface area contributed by atoms with Gasteiger partial charge in [0.25, 0.3) is 5.91 Å². The van der Waals surface area contributed by atoms with Crippen LogP contribution in [-0.2, 0) is 6.42 Å². The molecule has 2 aromatic heterocycles. The average Bonchev–Trinajstić information content (AvgIpc) is 3.22. The summed E-state index contributed by atoms with van der Waals surface area (Å²) < 4.78 is 11.3. The van der Waals surface area contributed by atoms with Crippen LogP contribution in [0.3, 0.4) is 0 Å². The van der Waals surface area contributed by atoms with Crippen LogP contribution in [0, 0.1) is 6.92 Å². The molecule has 1 fully saturated rings. The van der Waals surface area contributed by atoms with Crippen LogP contribution in [0.25, 0.3) is 0 Å². The summed E-state index contributed by atoms with van der Waals surface area (Å²) in [6.45, 7) is 3.24. The Morgan fingerprint density at radius 1 is 1.28 bits per heavy atom. The number of ether oxygens (including phenoxy) is 1. The highest BCUT2D eigenvalue weighted by Crippen LogP contribution is 2.28. The number of pyridine rings is 1. The van der Waals surface area contributed by atoms with Crippen LogP contribution >= 0.6 is 0 Å². The van der Waals surface area contributed by atoms with E-state index in [9.17, 15) is 4.79 Å². The molecule has 6 heteroatoms. The lowest BCUT2D eigenvalue weighted by Gasteiger charge is -2.31. The zero-order valence-corrected chi connectivity index (χ0v) is 16.8. The van der Waals surface area contributed by atoms with Gasteiger partial charge < -0.3 is 14.1 Å². The van der Waals surface area contributed by atoms with E-state index >= 15 is 0 Å². The number of rotatable bonds is 5. The van der Waals surface area contributed by atoms with Crippen LogP contribution in [0.5, 0.6) is 5.75 Å². The van der Waals surface area contributed by atoms with E-state index in [0.29, 0.717) is 24.6 Å². The summed E-state index contributed by atoms with van der Waals surface area (Å²) in [5, 5.41) is 0. The molecule has 0 spiro atoms. The van der Waals surface area contributed by atoms with Crippen LogP contribution in [0.2, 0.25) is 0 Å². The number of amides is 1. The fourth-order valence-electron chi connectivity index (χ4n) is 3.76. The summed E-state index contributed by atoms with van der Waals surface area (Å²) in [4.78, 5) is 23.6. The lowest BCUT2D eigenvalue weighted by molar-refractivity contribution is 0.0691. The Bertz CT molecular complexity index is 998. The van der Waals surface area contributed by atoms with Crippen molar-refractivity contribution in [2.75, 3.05) is 20.2 Å². The van der Waals surface area contributed by atoms with Crippen LogP contribution in [0.4, 0.5) is 0 Å². The fourth-order valence-corrected chi connectivity index (χ4v) is 3.76. The monoisotopic (exact) mass is 391 g/mol. The number of likely N-dealkylation sites (tertiary alicyclic amines) is 1. The second kappa shape index (κ2) is 8.47. The lowest BCUT2D eigenvalue weighted by Crippen LogP contribution is -2.39. The molecule has 150 valence electrons. The molecule has 0 N–H and O–H groups in total. The Hall–Kier alpha value is -3.15. The molecule has 4 rings (SSSR count). The van der Waals surface area contributed by atoms with Crippen LogP contribution < -0.4 is 4.74 Å². The summed E-state index contributed by atoms with van der Waals surface area (Å²) >= 11 is 0. The minimum atomic E-state index is -0.0263. The third kappa shape index (κ3) is 4.47. The molecule has 0 saturated carbocycles. The molecule has 1 saturated heterocycles. The molecule has 6 nitrogen and oxygen atoms in total. The van der Waals surface area contributed by atoms with Crippen molar-refractivity contribution in [3.8, 4) is 5.75 Å². The Kier molecular flexibility index (Phi) is 5.60. The maximum atomic E-state index is 12.8. The highest BCUT2D eigenvalue weighted by molar-refractivity contribution is 5.92. The third-order valence-corrected chi connectivity index (χ3v) is 5.25. The summed E-state index contributed by atoms with van der Waals surface area (Å²) in [7, 11) is 1.66. The first-order chi connectivity index (χ1) is 14.1. The van der Waals surface area contributed by atoms with Crippen molar-refractivity contribution < 1.29 is 13.9 Å². The number of hydrogen-bond acceptors (Lipinski definition) is 5. The summed E-state index contributed by atoms with van der Waals surface area (Å²) in [6.07, 6.45) is 4.34. The highest BCUT2D eigenvalue weighted by Gasteiger charge is 2.29. The van der Waals surface area contributed by atoms with Crippen molar-refractivity contribution in [3.05, 3.63) is 77.3 Å². The van der Waals surface area contributed by atoms with Crippen LogP contribution in [0.15, 0.2) is 53.1 Å². The predicted molar refractivity (Wildman–Crippen MR) is 109 cm³/mol. The quantitative estimate of drug-likeness (QED) is 0.658. The molecule has 3 heterocycles. The zero-order chi connectivity index (χ0) is 20.2. The molecular formula is C23H25N3O3. The van der Waals surface area contributed by atoms with Crippen molar-refractivity contribution in [2.45, 2.75) is 32.1 Å². The second-order valence-electron chi connectivity index (χ2n) is 7.45. The van der Waals surface area contributed by atoms with Gasteiger partial charge in [-0.15, -0.1) is 0 Å². The van der Waals surface area contributed by atoms with Crippen LogP contribution in [0.1, 0.15) is 52.2 Å². The van der Waals surface area contributed by atoms with Crippen molar-refractivity contribution in [1.82, 2.24) is 14.9 Å². The number of benzene rings is 1. The maximum Gasteiger partial charge on any atom is 0.272 e. The molecule has 0 aliphatic carbocycles. The van der Waals surface area contributed by atoms with E-state index in [0.717, 1.165) is 42.2 Å². The molecule has 0 bridgehead atoms. The summed E-state index contributed by atoms with van der Waals surface area (Å²) in [6, 6.07) is 13.5. The number of methoxy groups -OCH3 is 1. The minimum absolute atomic E-state index is 0.0263. The van der Waals surface area contributed by atoms with Crippen molar-refractivity contribution >= 4 is 5.91 Å². The van der Waals surface area contributed by atoms with E-state index < -0.39 is 0 Å². The molecule has 0 unspecified atom stereocenters. The van der Waals surface area contributed by atoms with Crippen LogP contribution in [-0.4, -0.2) is 41.0 Å². The molecule has 1 aliphatic heterocycles. The molecule has 1 aliphatic rings. The van der Waals surface area contributed by atoms with Gasteiger partial charge in [0, 0.05) is 25.2 Å². The Morgan fingerprint density at radius 2 is 2.14 bits per heavy atom. The van der Waals surface area contributed by atoms with Gasteiger partial charge in [-0.1, -0.05) is 18.2 Å². The fraction of sp³-hybridized carbons (Fsp3) is 0.348. The first-order valence-corrected chi connectivity index (χ1v) is 9.93. The average molecular weight is 391 g/mol. The number of piperidine rings is 1. The first kappa shape index (κ1) is 19.2. The van der Waals surface area contributed by atoms with Gasteiger partial charge in [0.2, 0.25) is 0 Å². The van der Waals surface area contributed by atoms with Crippen molar-refractivity contribution in [1.29, 1.82) is 0 Å². The van der Waals surface area contributed by atoms with E-state index in [2.05, 4.69) is 9.97 Å². The van der Waals surface area contributed by atoms with Gasteiger partial charge in [0.1, 0.15) is 17.2 Å². The standard InChI is InChI=1S/C23H25N3O3/c1-16-6-3-10-21(25-16)23(27)26-11-5-8-18(15-26)22-24-14-20(29-22)13-17-7-4-9-19(12-17)28-2/h3-4,6-7,9-10,12,14,18H,5,8,11,13,15H2,1-2H3/t18-/m1/s1. The lowest BCUT2D eigenvalue weighted by atomic mass is 9.97. The minimum Gasteiger partial charge on any atom is -0.497 e. The molecule has 3 aromatic rings. The number of nitrogens with zero attached hydrogens (tertiary/aromatic N) is 3. The Morgan fingerprint density at radius 3 is 2.97 bits per heavy atom. The summed E-state index contributed by atoms with van der Waals surface area (Å²) in [5.41, 5.74) is 2.45. The van der Waals surface area contributed by atoms with Gasteiger partial charge in [0.05, 0.1) is 19.2 Å². The van der Waals surface area contributed by atoms with E-state index in [1.807, 2.05) is 48.2 Å². The second-order valence-corrected chi connectivity index (χ2v) is 7.45. The molecule has 29 heavy (non-hydrogen) atoms. The Labute approximate surface area is 170 Å². The summed E-state index contributed by atoms with van der Waals surface area (Å²) in [5.74, 6) is 2.43. The Balaban J connectivity index is 1.44. The number of carbonyl (C=O) groups is 1. The normalized spacial score (nSPS) is 16.6. The number of oxazole rings is 1. The molecule has 0 radical (unpaired) electrons. The zero-order valence-electron chi connectivity index (χ0n) is 16.8. The van der Waals surface area contributed by atoms with E-state index in [4.69, 9.17) is 9.15 Å². The number of aryl methyl sites for hydroxylation is 1. The van der Waals surface area contributed by atoms with Gasteiger partial charge in [-0.3, -0.25) is 4.79 Å². The smallest absolute Gasteiger partial charge is 0.272 e. The van der Waals surface area contributed by atoms with Gasteiger partial charge in [0.15, 0.2) is 5.89 Å². The topological polar surface area (TPSA) is 68.5 Å². The SMILES string of the molecule is COc1cccc(Cc2cnc([C@@H]3CCCN(C(=O)c4cccc(C)n4)C3)o2)c1. The number of carbonyl (C=O) groups excluding carboxylic acids is 1. The van der Waals surface area contributed by atoms with Crippen molar-refractivity contribution in [2.24, 2.45) is 0 Å². The van der Waals surface area contributed by atoms with Gasteiger partial charge in [-0.2, -0.15) is 0 Å². The van der Waals surface area contributed by atoms with Gasteiger partial charge >= 0.3 is 0 Å². The first-order valence-electron chi connectivity index (χ1n) is 9.93. The predicted octanol–water partition coefficient (Wildman–Crippen LogP) is 4.00. The largest absolute Gasteiger partial charge is 0.497 e. The molecule has 1 aromatic carbocycles. The number of aromatic nitrogens is 2. The van der Waals surface area contributed by atoms with Crippen molar-refractivity contribution in [3.63, 3.8) is 0 Å². The van der Waals surface area contributed by atoms with E-state index in [1.54, 1.807) is 19.4 Å². The van der Waals surface area contributed by atoms with Gasteiger partial charge in [-0.05, 0) is 49.6 Å². The van der Waals surface area contributed by atoms with E-state index in [-0.39, 0.29) is 11.8 Å². The third-order valence-electron chi connectivity index (χ3n) is 5.25. The van der Waals surface area contributed by atoms with E-state index in [1.165, 1.54) is 0 Å². The molecule has 1 atom stereocenters. The maximum absolute atomic E-state index is 12.8. The molecule has 1 amide bonds.